The van der Waals surface area contributed by atoms with Gasteiger partial charge in [0.2, 0.25) is 5.91 Å². The van der Waals surface area contributed by atoms with Gasteiger partial charge in [0, 0.05) is 19.5 Å². The van der Waals surface area contributed by atoms with Crippen molar-refractivity contribution in [3.63, 3.8) is 0 Å². The molecule has 0 spiro atoms. The molecule has 106 valence electrons. The SMILES string of the molecule is CC(C)CC(CN)CC(=O)N(C)C1CCCCC1. The molecule has 2 N–H and O–H groups in total. The van der Waals surface area contributed by atoms with Crippen molar-refractivity contribution in [1.29, 1.82) is 0 Å². The maximum Gasteiger partial charge on any atom is 0.222 e. The van der Waals surface area contributed by atoms with Gasteiger partial charge < -0.3 is 10.6 Å². The summed E-state index contributed by atoms with van der Waals surface area (Å²) >= 11 is 0. The average Bonchev–Trinajstić information content (AvgIpc) is 2.37. The van der Waals surface area contributed by atoms with E-state index < -0.39 is 0 Å². The normalized spacial score (nSPS) is 18.9. The fraction of sp³-hybridized carbons (Fsp3) is 0.933. The highest BCUT2D eigenvalue weighted by atomic mass is 16.2. The second-order valence-electron chi connectivity index (χ2n) is 6.23. The van der Waals surface area contributed by atoms with Crippen molar-refractivity contribution in [2.24, 2.45) is 17.6 Å². The van der Waals surface area contributed by atoms with E-state index in [2.05, 4.69) is 13.8 Å². The summed E-state index contributed by atoms with van der Waals surface area (Å²) in [4.78, 5) is 14.3. The van der Waals surface area contributed by atoms with Gasteiger partial charge in [0.1, 0.15) is 0 Å². The largest absolute Gasteiger partial charge is 0.343 e. The Labute approximate surface area is 112 Å². The number of hydrogen-bond acceptors (Lipinski definition) is 2. The summed E-state index contributed by atoms with van der Waals surface area (Å²) in [6, 6.07) is 0.476. The maximum atomic E-state index is 12.3. The Morgan fingerprint density at radius 3 is 2.39 bits per heavy atom. The van der Waals surface area contributed by atoms with Gasteiger partial charge in [0.25, 0.3) is 0 Å². The average molecular weight is 254 g/mol. The molecule has 18 heavy (non-hydrogen) atoms. The standard InChI is InChI=1S/C15H30N2O/c1-12(2)9-13(11-16)10-15(18)17(3)14-7-5-4-6-8-14/h12-14H,4-11,16H2,1-3H3. The molecule has 0 saturated heterocycles. The van der Waals surface area contributed by atoms with Crippen LogP contribution in [0.25, 0.3) is 0 Å². The van der Waals surface area contributed by atoms with E-state index in [1.165, 1.54) is 32.1 Å². The Balaban J connectivity index is 2.41. The molecule has 1 fully saturated rings. The topological polar surface area (TPSA) is 46.3 Å². The molecular weight excluding hydrogens is 224 g/mol. The Kier molecular flexibility index (Phi) is 6.69. The van der Waals surface area contributed by atoms with Crippen LogP contribution in [0.15, 0.2) is 0 Å². The molecule has 1 aliphatic rings. The van der Waals surface area contributed by atoms with E-state index in [1.807, 2.05) is 11.9 Å². The second-order valence-corrected chi connectivity index (χ2v) is 6.23. The molecular formula is C15H30N2O. The lowest BCUT2D eigenvalue weighted by Crippen LogP contribution is -2.39. The smallest absolute Gasteiger partial charge is 0.222 e. The van der Waals surface area contributed by atoms with E-state index in [1.54, 1.807) is 0 Å². The Bertz CT molecular complexity index is 247. The number of carbonyl (C=O) groups excluding carboxylic acids is 1. The maximum absolute atomic E-state index is 12.3. The van der Waals surface area contributed by atoms with Crippen LogP contribution in [0.3, 0.4) is 0 Å². The predicted molar refractivity (Wildman–Crippen MR) is 76.3 cm³/mol. The first-order valence-corrected chi connectivity index (χ1v) is 7.50. The number of amides is 1. The number of carbonyl (C=O) groups is 1. The lowest BCUT2D eigenvalue weighted by molar-refractivity contribution is -0.133. The number of rotatable bonds is 6. The molecule has 1 aliphatic carbocycles. The minimum atomic E-state index is 0.290. The Morgan fingerprint density at radius 2 is 1.89 bits per heavy atom. The van der Waals surface area contributed by atoms with Crippen LogP contribution in [0.1, 0.15) is 58.8 Å². The molecule has 0 radical (unpaired) electrons. The highest BCUT2D eigenvalue weighted by Gasteiger charge is 2.24. The zero-order valence-electron chi connectivity index (χ0n) is 12.3. The lowest BCUT2D eigenvalue weighted by atomic mass is 9.91. The van der Waals surface area contributed by atoms with E-state index in [9.17, 15) is 4.79 Å². The van der Waals surface area contributed by atoms with Crippen LogP contribution in [0.4, 0.5) is 0 Å². The van der Waals surface area contributed by atoms with Gasteiger partial charge in [-0.3, -0.25) is 4.79 Å². The van der Waals surface area contributed by atoms with Crippen molar-refractivity contribution < 1.29 is 4.79 Å². The summed E-state index contributed by atoms with van der Waals surface area (Å²) in [6.45, 7) is 5.01. The number of nitrogens with two attached hydrogens (primary N) is 1. The Morgan fingerprint density at radius 1 is 1.28 bits per heavy atom. The summed E-state index contributed by atoms with van der Waals surface area (Å²) in [5, 5.41) is 0. The van der Waals surface area contributed by atoms with Gasteiger partial charge in [-0.05, 0) is 37.6 Å². The molecule has 3 nitrogen and oxygen atoms in total. The summed E-state index contributed by atoms with van der Waals surface area (Å²) in [7, 11) is 1.97. The molecule has 3 heteroatoms. The van der Waals surface area contributed by atoms with Crippen molar-refractivity contribution >= 4 is 5.91 Å². The summed E-state index contributed by atoms with van der Waals surface area (Å²) in [5.41, 5.74) is 5.78. The first-order chi connectivity index (χ1) is 8.54. The fourth-order valence-corrected chi connectivity index (χ4v) is 2.99. The van der Waals surface area contributed by atoms with Gasteiger partial charge in [0.05, 0.1) is 0 Å². The van der Waals surface area contributed by atoms with E-state index >= 15 is 0 Å². The van der Waals surface area contributed by atoms with Crippen molar-refractivity contribution in [1.82, 2.24) is 4.90 Å². The van der Waals surface area contributed by atoms with E-state index in [4.69, 9.17) is 5.73 Å². The third-order valence-corrected chi connectivity index (χ3v) is 4.12. The van der Waals surface area contributed by atoms with Crippen LogP contribution in [0, 0.1) is 11.8 Å². The molecule has 1 unspecified atom stereocenters. The van der Waals surface area contributed by atoms with Crippen LogP contribution in [0.5, 0.6) is 0 Å². The first-order valence-electron chi connectivity index (χ1n) is 7.50. The molecule has 0 bridgehead atoms. The molecule has 0 aliphatic heterocycles. The first kappa shape index (κ1) is 15.5. The highest BCUT2D eigenvalue weighted by Crippen LogP contribution is 2.23. The van der Waals surface area contributed by atoms with Crippen molar-refractivity contribution in [2.75, 3.05) is 13.6 Å². The Hall–Kier alpha value is -0.570. The number of nitrogens with zero attached hydrogens (tertiary/aromatic N) is 1. The summed E-state index contributed by atoms with van der Waals surface area (Å²) in [6.07, 6.45) is 7.92. The van der Waals surface area contributed by atoms with Gasteiger partial charge in [-0.25, -0.2) is 0 Å². The van der Waals surface area contributed by atoms with Crippen LogP contribution in [0.2, 0.25) is 0 Å². The van der Waals surface area contributed by atoms with Crippen molar-refractivity contribution in [2.45, 2.75) is 64.8 Å². The van der Waals surface area contributed by atoms with Gasteiger partial charge in [-0.2, -0.15) is 0 Å². The molecule has 0 aromatic rings. The highest BCUT2D eigenvalue weighted by molar-refractivity contribution is 5.76. The molecule has 0 aromatic carbocycles. The van der Waals surface area contributed by atoms with Crippen molar-refractivity contribution in [3.05, 3.63) is 0 Å². The second kappa shape index (κ2) is 7.78. The zero-order valence-corrected chi connectivity index (χ0v) is 12.3. The fourth-order valence-electron chi connectivity index (χ4n) is 2.99. The predicted octanol–water partition coefficient (Wildman–Crippen LogP) is 2.79. The van der Waals surface area contributed by atoms with Crippen LogP contribution < -0.4 is 5.73 Å². The number of hydrogen-bond donors (Lipinski definition) is 1. The third kappa shape index (κ3) is 4.97. The van der Waals surface area contributed by atoms with Gasteiger partial charge in [-0.15, -0.1) is 0 Å². The minimum Gasteiger partial charge on any atom is -0.343 e. The van der Waals surface area contributed by atoms with E-state index in [-0.39, 0.29) is 5.91 Å². The quantitative estimate of drug-likeness (QED) is 0.792. The summed E-state index contributed by atoms with van der Waals surface area (Å²) < 4.78 is 0. The molecule has 0 aromatic heterocycles. The van der Waals surface area contributed by atoms with Gasteiger partial charge in [-0.1, -0.05) is 33.1 Å². The molecule has 0 heterocycles. The van der Waals surface area contributed by atoms with Gasteiger partial charge in [0.15, 0.2) is 0 Å². The van der Waals surface area contributed by atoms with Crippen LogP contribution in [-0.4, -0.2) is 30.4 Å². The van der Waals surface area contributed by atoms with Crippen molar-refractivity contribution in [3.8, 4) is 0 Å². The van der Waals surface area contributed by atoms with Gasteiger partial charge >= 0.3 is 0 Å². The third-order valence-electron chi connectivity index (χ3n) is 4.12. The monoisotopic (exact) mass is 254 g/mol. The summed E-state index contributed by atoms with van der Waals surface area (Å²) in [5.74, 6) is 1.26. The zero-order chi connectivity index (χ0) is 13.5. The van der Waals surface area contributed by atoms with E-state index in [0.717, 1.165) is 6.42 Å². The molecule has 1 saturated carbocycles. The molecule has 1 rings (SSSR count). The molecule has 1 atom stereocenters. The van der Waals surface area contributed by atoms with Crippen LogP contribution in [-0.2, 0) is 4.79 Å². The minimum absolute atomic E-state index is 0.290. The lowest BCUT2D eigenvalue weighted by Gasteiger charge is -2.32. The molecule has 1 amide bonds. The van der Waals surface area contributed by atoms with E-state index in [0.29, 0.717) is 30.8 Å². The van der Waals surface area contributed by atoms with Crippen LogP contribution >= 0.6 is 0 Å².